The van der Waals surface area contributed by atoms with Crippen LogP contribution in [0.25, 0.3) is 6.08 Å². The SMILES string of the molecule is Cc1ccc(C)c(NC(=O)COc2ccc(Cl)cc2/C=C(\C#N)C(=O)NCc2ccccc2)c1. The maximum absolute atomic E-state index is 12.5. The van der Waals surface area contributed by atoms with Gasteiger partial charge in [0.05, 0.1) is 0 Å². The molecule has 0 saturated heterocycles. The van der Waals surface area contributed by atoms with Crippen molar-refractivity contribution in [1.82, 2.24) is 5.32 Å². The van der Waals surface area contributed by atoms with Crippen LogP contribution in [0.3, 0.4) is 0 Å². The van der Waals surface area contributed by atoms with E-state index in [1.54, 1.807) is 18.2 Å². The molecule has 3 aromatic carbocycles. The van der Waals surface area contributed by atoms with Gasteiger partial charge in [-0.3, -0.25) is 9.59 Å². The summed E-state index contributed by atoms with van der Waals surface area (Å²) < 4.78 is 5.69. The van der Waals surface area contributed by atoms with Crippen molar-refractivity contribution in [1.29, 1.82) is 5.26 Å². The van der Waals surface area contributed by atoms with Gasteiger partial charge in [-0.05, 0) is 60.9 Å². The fraction of sp³-hybridized carbons (Fsp3) is 0.148. The second kappa shape index (κ2) is 11.7. The van der Waals surface area contributed by atoms with Crippen LogP contribution in [0.4, 0.5) is 5.69 Å². The number of carbonyl (C=O) groups is 2. The average molecular weight is 474 g/mol. The molecular formula is C27H24ClN3O3. The van der Waals surface area contributed by atoms with Crippen molar-refractivity contribution in [3.05, 3.63) is 99.6 Å². The number of nitriles is 1. The van der Waals surface area contributed by atoms with E-state index in [9.17, 15) is 14.9 Å². The topological polar surface area (TPSA) is 91.2 Å². The van der Waals surface area contributed by atoms with E-state index in [-0.39, 0.29) is 24.6 Å². The maximum Gasteiger partial charge on any atom is 0.262 e. The van der Waals surface area contributed by atoms with Crippen LogP contribution in [0.1, 0.15) is 22.3 Å². The van der Waals surface area contributed by atoms with Gasteiger partial charge in [0, 0.05) is 22.8 Å². The van der Waals surface area contributed by atoms with Gasteiger partial charge in [0.25, 0.3) is 11.8 Å². The van der Waals surface area contributed by atoms with Crippen molar-refractivity contribution in [2.24, 2.45) is 0 Å². The minimum atomic E-state index is -0.523. The first-order valence-corrected chi connectivity index (χ1v) is 11.0. The Kier molecular flexibility index (Phi) is 8.44. The zero-order valence-electron chi connectivity index (χ0n) is 18.9. The summed E-state index contributed by atoms with van der Waals surface area (Å²) in [6.45, 7) is 3.89. The zero-order chi connectivity index (χ0) is 24.5. The van der Waals surface area contributed by atoms with E-state index in [1.807, 2.05) is 68.4 Å². The van der Waals surface area contributed by atoms with E-state index in [2.05, 4.69) is 10.6 Å². The molecule has 6 nitrogen and oxygen atoms in total. The molecule has 0 aliphatic rings. The highest BCUT2D eigenvalue weighted by molar-refractivity contribution is 6.30. The number of halogens is 1. The first kappa shape index (κ1) is 24.6. The molecule has 34 heavy (non-hydrogen) atoms. The number of benzene rings is 3. The number of amides is 2. The average Bonchev–Trinajstić information content (AvgIpc) is 2.83. The van der Waals surface area contributed by atoms with Gasteiger partial charge in [-0.25, -0.2) is 0 Å². The van der Waals surface area contributed by atoms with Crippen LogP contribution in [-0.4, -0.2) is 18.4 Å². The molecule has 0 fully saturated rings. The summed E-state index contributed by atoms with van der Waals surface area (Å²) >= 11 is 6.12. The molecule has 7 heteroatoms. The van der Waals surface area contributed by atoms with Crippen LogP contribution in [0.15, 0.2) is 72.3 Å². The largest absolute Gasteiger partial charge is 0.483 e. The predicted octanol–water partition coefficient (Wildman–Crippen LogP) is 5.20. The molecule has 0 aromatic heterocycles. The van der Waals surface area contributed by atoms with Gasteiger partial charge in [0.2, 0.25) is 0 Å². The fourth-order valence-corrected chi connectivity index (χ4v) is 3.32. The Bertz CT molecular complexity index is 1260. The van der Waals surface area contributed by atoms with Gasteiger partial charge in [-0.15, -0.1) is 0 Å². The Morgan fingerprint density at radius 1 is 1.06 bits per heavy atom. The number of nitrogens with zero attached hydrogens (tertiary/aromatic N) is 1. The molecule has 0 unspecified atom stereocenters. The van der Waals surface area contributed by atoms with Crippen molar-refractivity contribution < 1.29 is 14.3 Å². The van der Waals surface area contributed by atoms with Crippen molar-refractivity contribution in [3.8, 4) is 11.8 Å². The molecule has 2 amide bonds. The number of carbonyl (C=O) groups excluding carboxylic acids is 2. The lowest BCUT2D eigenvalue weighted by Gasteiger charge is -2.12. The highest BCUT2D eigenvalue weighted by Crippen LogP contribution is 2.26. The Morgan fingerprint density at radius 3 is 2.56 bits per heavy atom. The molecule has 3 rings (SSSR count). The van der Waals surface area contributed by atoms with Gasteiger partial charge in [0.15, 0.2) is 6.61 Å². The highest BCUT2D eigenvalue weighted by Gasteiger charge is 2.13. The van der Waals surface area contributed by atoms with Crippen molar-refractivity contribution in [2.75, 3.05) is 11.9 Å². The minimum absolute atomic E-state index is 0.108. The van der Waals surface area contributed by atoms with Gasteiger partial charge in [-0.1, -0.05) is 54.1 Å². The second-order valence-electron chi connectivity index (χ2n) is 7.68. The lowest BCUT2D eigenvalue weighted by Crippen LogP contribution is -2.24. The zero-order valence-corrected chi connectivity index (χ0v) is 19.6. The third kappa shape index (κ3) is 6.96. The lowest BCUT2D eigenvalue weighted by molar-refractivity contribution is -0.118. The summed E-state index contributed by atoms with van der Waals surface area (Å²) in [6.07, 6.45) is 1.39. The first-order chi connectivity index (χ1) is 16.4. The molecule has 0 aliphatic heterocycles. The van der Waals surface area contributed by atoms with Crippen molar-refractivity contribution in [2.45, 2.75) is 20.4 Å². The number of hydrogen-bond acceptors (Lipinski definition) is 4. The van der Waals surface area contributed by atoms with Gasteiger partial charge in [0.1, 0.15) is 17.4 Å². The summed E-state index contributed by atoms with van der Waals surface area (Å²) in [5, 5.41) is 15.5. The molecule has 0 aliphatic carbocycles. The van der Waals surface area contributed by atoms with Crippen molar-refractivity contribution in [3.63, 3.8) is 0 Å². The standard InChI is InChI=1S/C27H24ClN3O3/c1-18-8-9-19(2)24(12-18)31-26(32)17-34-25-11-10-23(28)14-21(25)13-22(15-29)27(33)30-16-20-6-4-3-5-7-20/h3-14H,16-17H2,1-2H3,(H,30,33)(H,31,32)/b22-13+. The predicted molar refractivity (Wildman–Crippen MR) is 133 cm³/mol. The Labute approximate surface area is 203 Å². The number of rotatable bonds is 8. The molecule has 0 bridgehead atoms. The molecule has 0 atom stereocenters. The molecule has 0 saturated carbocycles. The normalized spacial score (nSPS) is 10.8. The van der Waals surface area contributed by atoms with E-state index in [1.165, 1.54) is 6.08 Å². The second-order valence-corrected chi connectivity index (χ2v) is 8.11. The maximum atomic E-state index is 12.5. The molecule has 0 heterocycles. The summed E-state index contributed by atoms with van der Waals surface area (Å²) in [7, 11) is 0. The van der Waals surface area contributed by atoms with Crippen LogP contribution < -0.4 is 15.4 Å². The lowest BCUT2D eigenvalue weighted by atomic mass is 10.1. The summed E-state index contributed by atoms with van der Waals surface area (Å²) in [5.74, 6) is -0.534. The molecule has 3 aromatic rings. The smallest absolute Gasteiger partial charge is 0.262 e. The van der Waals surface area contributed by atoms with Crippen molar-refractivity contribution >= 4 is 35.2 Å². The van der Waals surface area contributed by atoms with Gasteiger partial charge in [-0.2, -0.15) is 5.26 Å². The van der Waals surface area contributed by atoms with Crippen LogP contribution in [-0.2, 0) is 16.1 Å². The fourth-order valence-electron chi connectivity index (χ4n) is 3.14. The molecular weight excluding hydrogens is 450 g/mol. The number of aryl methyl sites for hydroxylation is 2. The van der Waals surface area contributed by atoms with Crippen LogP contribution in [0.5, 0.6) is 5.75 Å². The Hall–Kier alpha value is -4.08. The van der Waals surface area contributed by atoms with E-state index >= 15 is 0 Å². The summed E-state index contributed by atoms with van der Waals surface area (Å²) in [6, 6.07) is 21.9. The van der Waals surface area contributed by atoms with E-state index < -0.39 is 5.91 Å². The summed E-state index contributed by atoms with van der Waals surface area (Å²) in [5.41, 5.74) is 3.90. The van der Waals surface area contributed by atoms with E-state index in [0.717, 1.165) is 16.7 Å². The quantitative estimate of drug-likeness (QED) is 0.347. The number of ether oxygens (including phenoxy) is 1. The minimum Gasteiger partial charge on any atom is -0.483 e. The van der Waals surface area contributed by atoms with E-state index in [4.69, 9.17) is 16.3 Å². The third-order valence-electron chi connectivity index (χ3n) is 4.96. The number of anilines is 1. The van der Waals surface area contributed by atoms with Crippen LogP contribution in [0, 0.1) is 25.2 Å². The first-order valence-electron chi connectivity index (χ1n) is 10.6. The van der Waals surface area contributed by atoms with Crippen LogP contribution >= 0.6 is 11.6 Å². The van der Waals surface area contributed by atoms with Gasteiger partial charge < -0.3 is 15.4 Å². The molecule has 2 N–H and O–H groups in total. The Morgan fingerprint density at radius 2 is 1.82 bits per heavy atom. The molecule has 0 spiro atoms. The number of hydrogen-bond donors (Lipinski definition) is 2. The third-order valence-corrected chi connectivity index (χ3v) is 5.19. The summed E-state index contributed by atoms with van der Waals surface area (Å²) in [4.78, 5) is 25.0. The van der Waals surface area contributed by atoms with Gasteiger partial charge >= 0.3 is 0 Å². The van der Waals surface area contributed by atoms with E-state index in [0.29, 0.717) is 22.0 Å². The highest BCUT2D eigenvalue weighted by atomic mass is 35.5. The molecule has 172 valence electrons. The monoisotopic (exact) mass is 473 g/mol. The number of nitrogens with one attached hydrogen (secondary N) is 2. The molecule has 0 radical (unpaired) electrons. The Balaban J connectivity index is 1.71. The van der Waals surface area contributed by atoms with Crippen LogP contribution in [0.2, 0.25) is 5.02 Å².